The van der Waals surface area contributed by atoms with E-state index in [1.807, 2.05) is 14.0 Å². The molecular formula is C19H31IN4O2. The number of benzene rings is 1. The first kappa shape index (κ1) is 22.5. The van der Waals surface area contributed by atoms with Gasteiger partial charge in [0.2, 0.25) is 0 Å². The summed E-state index contributed by atoms with van der Waals surface area (Å²) in [4.78, 5) is 18.1. The molecule has 1 aromatic carbocycles. The Morgan fingerprint density at radius 2 is 2.00 bits per heavy atom. The lowest BCUT2D eigenvalue weighted by molar-refractivity contribution is 0.146. The van der Waals surface area contributed by atoms with Gasteiger partial charge in [-0.15, -0.1) is 24.0 Å². The lowest BCUT2D eigenvalue weighted by atomic mass is 10.1. The normalized spacial score (nSPS) is 14.8. The molecule has 0 bridgehead atoms. The van der Waals surface area contributed by atoms with Gasteiger partial charge in [0, 0.05) is 27.2 Å². The molecule has 26 heavy (non-hydrogen) atoms. The molecule has 1 aromatic rings. The van der Waals surface area contributed by atoms with Crippen LogP contribution in [-0.2, 0) is 11.3 Å². The number of rotatable bonds is 7. The van der Waals surface area contributed by atoms with Crippen molar-refractivity contribution in [2.75, 3.05) is 27.2 Å². The highest BCUT2D eigenvalue weighted by atomic mass is 127. The lowest BCUT2D eigenvalue weighted by Crippen LogP contribution is -2.48. The van der Waals surface area contributed by atoms with Crippen molar-refractivity contribution in [1.29, 1.82) is 0 Å². The summed E-state index contributed by atoms with van der Waals surface area (Å²) in [5.41, 5.74) is 2.49. The zero-order chi connectivity index (χ0) is 18.2. The number of amides is 1. The molecule has 7 heteroatoms. The number of guanidine groups is 1. The van der Waals surface area contributed by atoms with E-state index in [0.29, 0.717) is 19.1 Å². The van der Waals surface area contributed by atoms with Crippen LogP contribution in [0.5, 0.6) is 0 Å². The van der Waals surface area contributed by atoms with E-state index in [0.717, 1.165) is 25.3 Å². The second kappa shape index (κ2) is 11.3. The molecule has 0 spiro atoms. The van der Waals surface area contributed by atoms with Crippen molar-refractivity contribution in [2.45, 2.75) is 39.3 Å². The summed E-state index contributed by atoms with van der Waals surface area (Å²) in [7, 11) is 3.79. The van der Waals surface area contributed by atoms with E-state index >= 15 is 0 Å². The van der Waals surface area contributed by atoms with E-state index in [1.165, 1.54) is 11.1 Å². The predicted octanol–water partition coefficient (Wildman–Crippen LogP) is 3.14. The highest BCUT2D eigenvalue weighted by Gasteiger charge is 2.32. The van der Waals surface area contributed by atoms with E-state index in [2.05, 4.69) is 51.7 Å². The highest BCUT2D eigenvalue weighted by molar-refractivity contribution is 14.0. The minimum absolute atomic E-state index is 0. The Morgan fingerprint density at radius 3 is 2.54 bits per heavy atom. The molecule has 2 N–H and O–H groups in total. The predicted molar refractivity (Wildman–Crippen MR) is 116 cm³/mol. The highest BCUT2D eigenvalue weighted by Crippen LogP contribution is 2.32. The standard InChI is InChI=1S/C19H30N4O2.HI/c1-5-25-19(24)22-17(16-10-11-16)12-21-18(20-3)23(4)13-15-8-6-14(2)7-9-15;/h6-9,16-17H,5,10-13H2,1-4H3,(H,20,21)(H,22,24);1H. The van der Waals surface area contributed by atoms with Gasteiger partial charge < -0.3 is 20.3 Å². The molecule has 1 saturated carbocycles. The Bertz CT molecular complexity index is 588. The number of hydrogen-bond acceptors (Lipinski definition) is 3. The summed E-state index contributed by atoms with van der Waals surface area (Å²) in [5, 5.41) is 6.33. The Hall–Kier alpha value is -1.51. The average molecular weight is 474 g/mol. The summed E-state index contributed by atoms with van der Waals surface area (Å²) in [6.07, 6.45) is 1.96. The molecule has 0 radical (unpaired) electrons. The molecule has 1 atom stereocenters. The van der Waals surface area contributed by atoms with Crippen LogP contribution in [0.15, 0.2) is 29.3 Å². The van der Waals surface area contributed by atoms with Crippen LogP contribution < -0.4 is 10.6 Å². The van der Waals surface area contributed by atoms with Gasteiger partial charge in [-0.25, -0.2) is 4.79 Å². The van der Waals surface area contributed by atoms with Crippen molar-refractivity contribution < 1.29 is 9.53 Å². The van der Waals surface area contributed by atoms with Gasteiger partial charge in [-0.3, -0.25) is 4.99 Å². The first-order valence-electron chi connectivity index (χ1n) is 8.94. The van der Waals surface area contributed by atoms with E-state index in [1.54, 1.807) is 7.05 Å². The first-order valence-corrected chi connectivity index (χ1v) is 8.94. The second-order valence-corrected chi connectivity index (χ2v) is 6.58. The lowest BCUT2D eigenvalue weighted by Gasteiger charge is -2.25. The van der Waals surface area contributed by atoms with Crippen molar-refractivity contribution >= 4 is 36.0 Å². The summed E-state index contributed by atoms with van der Waals surface area (Å²) in [6.45, 7) is 5.71. The summed E-state index contributed by atoms with van der Waals surface area (Å²) < 4.78 is 5.00. The van der Waals surface area contributed by atoms with Crippen LogP contribution in [0.1, 0.15) is 30.9 Å². The van der Waals surface area contributed by atoms with Crippen LogP contribution in [-0.4, -0.2) is 50.2 Å². The number of hydrogen-bond donors (Lipinski definition) is 2. The quantitative estimate of drug-likeness (QED) is 0.362. The van der Waals surface area contributed by atoms with Gasteiger partial charge in [0.15, 0.2) is 5.96 Å². The van der Waals surface area contributed by atoms with E-state index in [9.17, 15) is 4.79 Å². The van der Waals surface area contributed by atoms with Crippen LogP contribution in [0.3, 0.4) is 0 Å². The van der Waals surface area contributed by atoms with Crippen LogP contribution in [0.25, 0.3) is 0 Å². The Balaban J connectivity index is 0.00000338. The number of halogens is 1. The van der Waals surface area contributed by atoms with E-state index in [-0.39, 0.29) is 36.1 Å². The van der Waals surface area contributed by atoms with Gasteiger partial charge in [0.1, 0.15) is 0 Å². The molecular weight excluding hydrogens is 443 g/mol. The van der Waals surface area contributed by atoms with E-state index in [4.69, 9.17) is 4.74 Å². The van der Waals surface area contributed by atoms with Gasteiger partial charge in [0.25, 0.3) is 0 Å². The summed E-state index contributed by atoms with van der Waals surface area (Å²) >= 11 is 0. The maximum atomic E-state index is 11.7. The third-order valence-corrected chi connectivity index (χ3v) is 4.36. The third-order valence-electron chi connectivity index (χ3n) is 4.36. The minimum atomic E-state index is -0.343. The number of alkyl carbamates (subject to hydrolysis) is 1. The summed E-state index contributed by atoms with van der Waals surface area (Å²) in [6, 6.07) is 8.57. The molecule has 1 aliphatic rings. The average Bonchev–Trinajstić information content (AvgIpc) is 3.41. The molecule has 2 rings (SSSR count). The van der Waals surface area contributed by atoms with Crippen LogP contribution in [0, 0.1) is 12.8 Å². The number of carbonyl (C=O) groups excluding carboxylic acids is 1. The largest absolute Gasteiger partial charge is 0.450 e. The van der Waals surface area contributed by atoms with Crippen molar-refractivity contribution in [2.24, 2.45) is 10.9 Å². The smallest absolute Gasteiger partial charge is 0.407 e. The number of nitrogens with one attached hydrogen (secondary N) is 2. The van der Waals surface area contributed by atoms with Crippen molar-refractivity contribution in [1.82, 2.24) is 15.5 Å². The fourth-order valence-corrected chi connectivity index (χ4v) is 2.79. The Morgan fingerprint density at radius 1 is 1.35 bits per heavy atom. The number of nitrogens with zero attached hydrogens (tertiary/aromatic N) is 2. The first-order chi connectivity index (χ1) is 12.0. The minimum Gasteiger partial charge on any atom is -0.450 e. The maximum Gasteiger partial charge on any atom is 0.407 e. The molecule has 0 saturated heterocycles. The van der Waals surface area contributed by atoms with Gasteiger partial charge >= 0.3 is 6.09 Å². The topological polar surface area (TPSA) is 66.0 Å². The monoisotopic (exact) mass is 474 g/mol. The second-order valence-electron chi connectivity index (χ2n) is 6.58. The van der Waals surface area contributed by atoms with Crippen LogP contribution in [0.2, 0.25) is 0 Å². The van der Waals surface area contributed by atoms with Gasteiger partial charge in [-0.2, -0.15) is 0 Å². The number of ether oxygens (including phenoxy) is 1. The van der Waals surface area contributed by atoms with Crippen molar-refractivity contribution in [3.05, 3.63) is 35.4 Å². The maximum absolute atomic E-state index is 11.7. The molecule has 6 nitrogen and oxygen atoms in total. The molecule has 146 valence electrons. The molecule has 0 aliphatic heterocycles. The van der Waals surface area contributed by atoms with Crippen LogP contribution >= 0.6 is 24.0 Å². The van der Waals surface area contributed by atoms with Crippen molar-refractivity contribution in [3.63, 3.8) is 0 Å². The zero-order valence-electron chi connectivity index (χ0n) is 16.1. The molecule has 1 aliphatic carbocycles. The Kier molecular flexibility index (Phi) is 9.75. The third kappa shape index (κ3) is 7.39. The molecule has 1 amide bonds. The number of aliphatic imine (C=N–C) groups is 1. The molecule has 1 fully saturated rings. The molecule has 1 unspecified atom stereocenters. The SMILES string of the molecule is CCOC(=O)NC(CNC(=NC)N(C)Cc1ccc(C)cc1)C1CC1.I. The van der Waals surface area contributed by atoms with Gasteiger partial charge in [-0.1, -0.05) is 29.8 Å². The van der Waals surface area contributed by atoms with Crippen LogP contribution in [0.4, 0.5) is 4.79 Å². The van der Waals surface area contributed by atoms with Crippen molar-refractivity contribution in [3.8, 4) is 0 Å². The zero-order valence-corrected chi connectivity index (χ0v) is 18.4. The fraction of sp³-hybridized carbons (Fsp3) is 0.579. The molecule has 0 aromatic heterocycles. The Labute approximate surface area is 173 Å². The number of aryl methyl sites for hydroxylation is 1. The van der Waals surface area contributed by atoms with E-state index < -0.39 is 0 Å². The van der Waals surface area contributed by atoms with Gasteiger partial charge in [-0.05, 0) is 38.2 Å². The summed E-state index contributed by atoms with van der Waals surface area (Å²) in [5.74, 6) is 1.34. The number of carbonyl (C=O) groups is 1. The van der Waals surface area contributed by atoms with Gasteiger partial charge in [0.05, 0.1) is 12.6 Å². The molecule has 0 heterocycles. The fourth-order valence-electron chi connectivity index (χ4n) is 2.79.